The Balaban J connectivity index is 2.09. The number of sulfonamides is 1. The molecule has 0 spiro atoms. The summed E-state index contributed by atoms with van der Waals surface area (Å²) >= 11 is 0. The first kappa shape index (κ1) is 31.3. The molecule has 3 aromatic rings. The summed E-state index contributed by atoms with van der Waals surface area (Å²) in [6.45, 7) is 5.13. The first-order valence-electron chi connectivity index (χ1n) is 13.3. The molecule has 0 saturated carbocycles. The van der Waals surface area contributed by atoms with E-state index in [0.717, 1.165) is 33.3 Å². The maximum absolute atomic E-state index is 14.1. The van der Waals surface area contributed by atoms with Gasteiger partial charge in [-0.3, -0.25) is 24.0 Å². The van der Waals surface area contributed by atoms with Crippen LogP contribution in [0.1, 0.15) is 37.0 Å². The molecular weight excluding hydrogens is 544 g/mol. The van der Waals surface area contributed by atoms with Gasteiger partial charge in [0.25, 0.3) is 5.69 Å². The molecule has 2 atom stereocenters. The minimum Gasteiger partial charge on any atom is -0.352 e. The van der Waals surface area contributed by atoms with Crippen LogP contribution < -0.4 is 9.62 Å². The molecule has 0 aliphatic heterocycles. The van der Waals surface area contributed by atoms with Crippen molar-refractivity contribution in [2.24, 2.45) is 0 Å². The molecule has 2 amide bonds. The number of rotatable bonds is 13. The van der Waals surface area contributed by atoms with E-state index in [4.69, 9.17) is 0 Å². The number of nitro groups is 1. The second-order valence-corrected chi connectivity index (χ2v) is 11.9. The highest BCUT2D eigenvalue weighted by atomic mass is 32.2. The number of carbonyl (C=O) groups is 2. The molecule has 0 aliphatic rings. The third-order valence-electron chi connectivity index (χ3n) is 6.88. The Morgan fingerprint density at radius 3 is 2.27 bits per heavy atom. The quantitative estimate of drug-likeness (QED) is 0.238. The molecule has 218 valence electrons. The number of nitrogens with one attached hydrogen (secondary N) is 1. The average molecular weight is 581 g/mol. The van der Waals surface area contributed by atoms with Gasteiger partial charge < -0.3 is 10.2 Å². The molecule has 1 N–H and O–H groups in total. The van der Waals surface area contributed by atoms with E-state index in [0.29, 0.717) is 6.42 Å². The Labute approximate surface area is 241 Å². The first-order chi connectivity index (χ1) is 19.4. The Bertz CT molecular complexity index is 1480. The fraction of sp³-hybridized carbons (Fsp3) is 0.333. The van der Waals surface area contributed by atoms with Crippen molar-refractivity contribution < 1.29 is 22.9 Å². The van der Waals surface area contributed by atoms with Gasteiger partial charge in [0, 0.05) is 31.1 Å². The second kappa shape index (κ2) is 13.9. The molecule has 11 heteroatoms. The van der Waals surface area contributed by atoms with Gasteiger partial charge in [-0.05, 0) is 43.0 Å². The summed E-state index contributed by atoms with van der Waals surface area (Å²) in [5.74, 6) is -0.975. The molecule has 10 nitrogen and oxygen atoms in total. The lowest BCUT2D eigenvalue weighted by atomic mass is 10.0. The summed E-state index contributed by atoms with van der Waals surface area (Å²) in [5.41, 5.74) is 2.21. The van der Waals surface area contributed by atoms with Crippen molar-refractivity contribution in [3.8, 4) is 0 Å². The zero-order valence-electron chi connectivity index (χ0n) is 23.7. The highest BCUT2D eigenvalue weighted by Crippen LogP contribution is 2.24. The normalized spacial score (nSPS) is 12.7. The summed E-state index contributed by atoms with van der Waals surface area (Å²) in [4.78, 5) is 39.9. The molecule has 0 radical (unpaired) electrons. The van der Waals surface area contributed by atoms with Gasteiger partial charge in [-0.15, -0.1) is 0 Å². The van der Waals surface area contributed by atoms with Gasteiger partial charge in [0.2, 0.25) is 21.8 Å². The Morgan fingerprint density at radius 1 is 1.00 bits per heavy atom. The molecular formula is C30H36N4O6S. The van der Waals surface area contributed by atoms with Crippen LogP contribution >= 0.6 is 0 Å². The van der Waals surface area contributed by atoms with Crippen LogP contribution in [0.25, 0.3) is 0 Å². The SMILES string of the molecule is CCC(C)NC(=O)C(Cc1ccccc1)N(Cc1ccccc1C)C(=O)CN(c1cccc([N+](=O)[O-])c1)S(C)(=O)=O. The fourth-order valence-electron chi connectivity index (χ4n) is 4.34. The number of hydrogen-bond acceptors (Lipinski definition) is 6. The standard InChI is InChI=1S/C30H36N4O6S/c1-5-23(3)31-30(36)28(18-24-13-7-6-8-14-24)32(20-25-15-10-9-12-22(25)2)29(35)21-33(41(4,39)40)26-16-11-17-27(19-26)34(37)38/h6-17,19,23,28H,5,18,20-21H2,1-4H3,(H,31,36). The lowest BCUT2D eigenvalue weighted by Crippen LogP contribution is -2.54. The number of carbonyl (C=O) groups excluding carboxylic acids is 2. The van der Waals surface area contributed by atoms with Crippen molar-refractivity contribution in [3.05, 3.63) is 106 Å². The number of anilines is 1. The number of nitro benzene ring substituents is 1. The molecule has 3 aromatic carbocycles. The van der Waals surface area contributed by atoms with Crippen molar-refractivity contribution in [1.82, 2.24) is 10.2 Å². The zero-order chi connectivity index (χ0) is 30.2. The third-order valence-corrected chi connectivity index (χ3v) is 8.02. The molecule has 0 aromatic heterocycles. The largest absolute Gasteiger partial charge is 0.352 e. The molecule has 0 heterocycles. The van der Waals surface area contributed by atoms with Crippen LogP contribution in [0.2, 0.25) is 0 Å². The summed E-state index contributed by atoms with van der Waals surface area (Å²) < 4.78 is 26.6. The average Bonchev–Trinajstić information content (AvgIpc) is 2.94. The molecule has 0 fully saturated rings. The Hall–Kier alpha value is -4.25. The van der Waals surface area contributed by atoms with E-state index < -0.39 is 33.4 Å². The summed E-state index contributed by atoms with van der Waals surface area (Å²) in [5, 5.41) is 14.3. The first-order valence-corrected chi connectivity index (χ1v) is 15.2. The van der Waals surface area contributed by atoms with Gasteiger partial charge in [-0.2, -0.15) is 0 Å². The van der Waals surface area contributed by atoms with Crippen LogP contribution in [0.4, 0.5) is 11.4 Å². The third kappa shape index (κ3) is 8.62. The number of hydrogen-bond donors (Lipinski definition) is 1. The van der Waals surface area contributed by atoms with Crippen molar-refractivity contribution in [3.63, 3.8) is 0 Å². The minimum atomic E-state index is -4.04. The van der Waals surface area contributed by atoms with E-state index in [1.54, 1.807) is 0 Å². The van der Waals surface area contributed by atoms with Gasteiger partial charge in [0.15, 0.2) is 0 Å². The minimum absolute atomic E-state index is 0.0189. The molecule has 0 bridgehead atoms. The van der Waals surface area contributed by atoms with Crippen LogP contribution in [0, 0.1) is 17.0 Å². The number of non-ortho nitro benzene ring substituents is 1. The van der Waals surface area contributed by atoms with E-state index in [9.17, 15) is 28.1 Å². The predicted molar refractivity (Wildman–Crippen MR) is 159 cm³/mol. The van der Waals surface area contributed by atoms with E-state index >= 15 is 0 Å². The van der Waals surface area contributed by atoms with E-state index in [1.165, 1.54) is 23.1 Å². The van der Waals surface area contributed by atoms with Crippen molar-refractivity contribution in [1.29, 1.82) is 0 Å². The van der Waals surface area contributed by atoms with Crippen LogP contribution in [-0.4, -0.2) is 54.9 Å². The van der Waals surface area contributed by atoms with Gasteiger partial charge in [-0.1, -0.05) is 67.6 Å². The van der Waals surface area contributed by atoms with E-state index in [1.807, 2.05) is 75.4 Å². The van der Waals surface area contributed by atoms with Gasteiger partial charge in [0.05, 0.1) is 16.9 Å². The second-order valence-electron chi connectivity index (χ2n) is 10.0. The smallest absolute Gasteiger partial charge is 0.271 e. The predicted octanol–water partition coefficient (Wildman–Crippen LogP) is 4.22. The summed E-state index contributed by atoms with van der Waals surface area (Å²) in [7, 11) is -4.04. The van der Waals surface area contributed by atoms with Crippen LogP contribution in [-0.2, 0) is 32.6 Å². The monoisotopic (exact) mass is 580 g/mol. The van der Waals surface area contributed by atoms with Gasteiger partial charge in [-0.25, -0.2) is 8.42 Å². The highest BCUT2D eigenvalue weighted by Gasteiger charge is 2.34. The number of benzene rings is 3. The molecule has 0 aliphatic carbocycles. The zero-order valence-corrected chi connectivity index (χ0v) is 24.5. The summed E-state index contributed by atoms with van der Waals surface area (Å²) in [6, 6.07) is 20.8. The van der Waals surface area contributed by atoms with Crippen LogP contribution in [0.15, 0.2) is 78.9 Å². The van der Waals surface area contributed by atoms with Crippen molar-refractivity contribution >= 4 is 33.2 Å². The van der Waals surface area contributed by atoms with Crippen LogP contribution in [0.3, 0.4) is 0 Å². The Morgan fingerprint density at radius 2 is 1.66 bits per heavy atom. The molecule has 0 saturated heterocycles. The molecule has 3 rings (SSSR count). The maximum Gasteiger partial charge on any atom is 0.271 e. The molecule has 2 unspecified atom stereocenters. The number of nitrogens with zero attached hydrogens (tertiary/aromatic N) is 3. The van der Waals surface area contributed by atoms with Crippen LogP contribution in [0.5, 0.6) is 0 Å². The van der Waals surface area contributed by atoms with Gasteiger partial charge in [0.1, 0.15) is 12.6 Å². The fourth-order valence-corrected chi connectivity index (χ4v) is 5.18. The molecule has 41 heavy (non-hydrogen) atoms. The van der Waals surface area contributed by atoms with E-state index in [2.05, 4.69) is 5.32 Å². The van der Waals surface area contributed by atoms with Crippen molar-refractivity contribution in [2.45, 2.75) is 52.2 Å². The van der Waals surface area contributed by atoms with E-state index in [-0.39, 0.29) is 36.3 Å². The van der Waals surface area contributed by atoms with Crippen molar-refractivity contribution in [2.75, 3.05) is 17.1 Å². The topological polar surface area (TPSA) is 130 Å². The number of aryl methyl sites for hydroxylation is 1. The summed E-state index contributed by atoms with van der Waals surface area (Å²) in [6.07, 6.45) is 1.82. The maximum atomic E-state index is 14.1. The highest BCUT2D eigenvalue weighted by molar-refractivity contribution is 7.92. The lowest BCUT2D eigenvalue weighted by Gasteiger charge is -2.34. The number of amides is 2. The Kier molecular flexibility index (Phi) is 10.6. The lowest BCUT2D eigenvalue weighted by molar-refractivity contribution is -0.384. The van der Waals surface area contributed by atoms with Gasteiger partial charge >= 0.3 is 0 Å².